The van der Waals surface area contributed by atoms with E-state index in [0.717, 1.165) is 5.56 Å². The Labute approximate surface area is 185 Å². The van der Waals surface area contributed by atoms with Gasteiger partial charge in [-0.1, -0.05) is 24.3 Å². The number of anilines is 1. The molecule has 3 N–H and O–H groups in total. The van der Waals surface area contributed by atoms with Gasteiger partial charge in [-0.25, -0.2) is 9.18 Å². The maximum absolute atomic E-state index is 13.7. The normalized spacial score (nSPS) is 11.2. The zero-order valence-corrected chi connectivity index (χ0v) is 17.3. The molecule has 3 aromatic carbocycles. The molecule has 0 aliphatic carbocycles. The van der Waals surface area contributed by atoms with Crippen molar-refractivity contribution in [2.24, 2.45) is 0 Å². The summed E-state index contributed by atoms with van der Waals surface area (Å²) in [7, 11) is 0. The van der Waals surface area contributed by atoms with Crippen molar-refractivity contribution in [2.45, 2.75) is 19.6 Å². The Morgan fingerprint density at radius 3 is 2.53 bits per heavy atom. The number of nitriles is 1. The third-order valence-electron chi connectivity index (χ3n) is 4.32. The van der Waals surface area contributed by atoms with Crippen molar-refractivity contribution in [3.05, 3.63) is 83.7 Å². The average Bonchev–Trinajstić information content (AvgIpc) is 2.78. The molecule has 3 aromatic rings. The van der Waals surface area contributed by atoms with Gasteiger partial charge in [0.15, 0.2) is 0 Å². The summed E-state index contributed by atoms with van der Waals surface area (Å²) in [5, 5.41) is 23.9. The number of carbonyl (C=O) groups excluding carboxylic acids is 1. The van der Waals surface area contributed by atoms with E-state index in [1.54, 1.807) is 43.3 Å². The lowest BCUT2D eigenvalue weighted by Gasteiger charge is -2.14. The highest BCUT2D eigenvalue weighted by Crippen LogP contribution is 2.27. The highest BCUT2D eigenvalue weighted by atomic mass is 19.1. The molecule has 0 heterocycles. The van der Waals surface area contributed by atoms with Gasteiger partial charge >= 0.3 is 6.03 Å². The summed E-state index contributed by atoms with van der Waals surface area (Å²) in [6.07, 6.45) is -0.598. The van der Waals surface area contributed by atoms with Crippen molar-refractivity contribution in [2.75, 3.05) is 11.9 Å². The van der Waals surface area contributed by atoms with Crippen LogP contribution in [0, 0.1) is 17.1 Å². The number of aliphatic hydroxyl groups excluding tert-OH is 1. The van der Waals surface area contributed by atoms with E-state index >= 15 is 0 Å². The number of halogens is 1. The number of benzene rings is 3. The molecule has 0 aliphatic heterocycles. The van der Waals surface area contributed by atoms with Gasteiger partial charge in [-0.15, -0.1) is 0 Å². The number of urea groups is 1. The quantitative estimate of drug-likeness (QED) is 0.481. The first-order valence-corrected chi connectivity index (χ1v) is 9.86. The summed E-state index contributed by atoms with van der Waals surface area (Å²) in [6, 6.07) is 19.2. The number of amides is 2. The summed E-state index contributed by atoms with van der Waals surface area (Å²) in [5.74, 6) is 0.437. The van der Waals surface area contributed by atoms with Crippen LogP contribution in [0.2, 0.25) is 0 Å². The highest BCUT2D eigenvalue weighted by molar-refractivity contribution is 5.89. The van der Waals surface area contributed by atoms with E-state index < -0.39 is 18.0 Å². The van der Waals surface area contributed by atoms with Crippen molar-refractivity contribution >= 4 is 11.7 Å². The molecule has 32 heavy (non-hydrogen) atoms. The van der Waals surface area contributed by atoms with Crippen molar-refractivity contribution in [3.63, 3.8) is 0 Å². The molecule has 3 rings (SSSR count). The summed E-state index contributed by atoms with van der Waals surface area (Å²) in [6.45, 7) is 2.02. The molecule has 0 fully saturated rings. The number of para-hydroxylation sites is 1. The summed E-state index contributed by atoms with van der Waals surface area (Å²) in [5.41, 5.74) is 1.12. The monoisotopic (exact) mass is 435 g/mol. The Kier molecular flexibility index (Phi) is 7.62. The second-order valence-electron chi connectivity index (χ2n) is 6.93. The molecule has 0 aromatic heterocycles. The molecule has 7 nitrogen and oxygen atoms in total. The van der Waals surface area contributed by atoms with E-state index in [1.807, 2.05) is 18.2 Å². The number of ether oxygens (including phenoxy) is 2. The molecule has 1 atom stereocenters. The van der Waals surface area contributed by atoms with Crippen molar-refractivity contribution in [1.29, 1.82) is 5.26 Å². The Morgan fingerprint density at radius 2 is 1.81 bits per heavy atom. The second kappa shape index (κ2) is 10.8. The molecule has 0 saturated heterocycles. The zero-order valence-electron chi connectivity index (χ0n) is 17.3. The number of carbonyl (C=O) groups is 1. The van der Waals surface area contributed by atoms with Gasteiger partial charge in [0, 0.05) is 17.8 Å². The van der Waals surface area contributed by atoms with Gasteiger partial charge < -0.3 is 25.2 Å². The maximum atomic E-state index is 13.7. The van der Waals surface area contributed by atoms with Gasteiger partial charge in [0.25, 0.3) is 0 Å². The van der Waals surface area contributed by atoms with Gasteiger partial charge in [-0.2, -0.15) is 5.26 Å². The van der Waals surface area contributed by atoms with E-state index in [-0.39, 0.29) is 24.5 Å². The Morgan fingerprint density at radius 1 is 1.09 bits per heavy atom. The number of nitrogens with zero attached hydrogens (tertiary/aromatic N) is 1. The molecular weight excluding hydrogens is 413 g/mol. The molecule has 8 heteroatoms. The van der Waals surface area contributed by atoms with Gasteiger partial charge in [-0.05, 0) is 49.4 Å². The molecule has 0 saturated carbocycles. The Balaban J connectivity index is 1.56. The minimum atomic E-state index is -0.655. The molecule has 2 amide bonds. The number of hydrogen-bond acceptors (Lipinski definition) is 5. The van der Waals surface area contributed by atoms with Crippen molar-refractivity contribution in [3.8, 4) is 23.3 Å². The molecule has 164 valence electrons. The van der Waals surface area contributed by atoms with Gasteiger partial charge in [0.05, 0.1) is 6.10 Å². The van der Waals surface area contributed by atoms with Gasteiger partial charge in [-0.3, -0.25) is 0 Å². The minimum Gasteiger partial charge on any atom is -0.491 e. The minimum absolute atomic E-state index is 0.113. The Bertz CT molecular complexity index is 1110. The predicted molar refractivity (Wildman–Crippen MR) is 117 cm³/mol. The first-order valence-electron chi connectivity index (χ1n) is 9.86. The van der Waals surface area contributed by atoms with E-state index in [4.69, 9.17) is 14.7 Å². The third kappa shape index (κ3) is 6.20. The van der Waals surface area contributed by atoms with Crippen LogP contribution in [0.5, 0.6) is 17.2 Å². The van der Waals surface area contributed by atoms with Crippen LogP contribution < -0.4 is 20.1 Å². The lowest BCUT2D eigenvalue weighted by molar-refractivity contribution is 0.122. The highest BCUT2D eigenvalue weighted by Gasteiger charge is 2.11. The van der Waals surface area contributed by atoms with Crippen LogP contribution >= 0.6 is 0 Å². The standard InChI is InChI=1S/C24H22FN3O4/c1-16(29)15-31-22-7-3-2-5-17(22)14-27-24(30)28-18-9-11-19(12-10-18)32-23-8-4-6-21(25)20(23)13-26/h2-12,16,29H,14-15H2,1H3,(H2,27,28,30). The molecular formula is C24H22FN3O4. The van der Waals surface area contributed by atoms with Crippen LogP contribution in [0.3, 0.4) is 0 Å². The SMILES string of the molecule is CC(O)COc1ccccc1CNC(=O)Nc1ccc(Oc2cccc(F)c2C#N)cc1. The van der Waals surface area contributed by atoms with Crippen LogP contribution in [0.25, 0.3) is 0 Å². The summed E-state index contributed by atoms with van der Waals surface area (Å²) < 4.78 is 24.8. The van der Waals surface area contributed by atoms with E-state index in [9.17, 15) is 14.3 Å². The topological polar surface area (TPSA) is 104 Å². The fourth-order valence-electron chi connectivity index (χ4n) is 2.78. The lowest BCUT2D eigenvalue weighted by Crippen LogP contribution is -2.28. The fraction of sp³-hybridized carbons (Fsp3) is 0.167. The molecule has 0 aliphatic rings. The average molecular weight is 435 g/mol. The molecule has 1 unspecified atom stereocenters. The smallest absolute Gasteiger partial charge is 0.319 e. The summed E-state index contributed by atoms with van der Waals surface area (Å²) in [4.78, 5) is 12.2. The zero-order chi connectivity index (χ0) is 22.9. The first-order chi connectivity index (χ1) is 15.5. The number of aliphatic hydroxyl groups is 1. The van der Waals surface area contributed by atoms with Crippen LogP contribution in [0.4, 0.5) is 14.9 Å². The van der Waals surface area contributed by atoms with E-state index in [1.165, 1.54) is 18.2 Å². The van der Waals surface area contributed by atoms with Crippen LogP contribution in [-0.2, 0) is 6.54 Å². The largest absolute Gasteiger partial charge is 0.491 e. The van der Waals surface area contributed by atoms with E-state index in [2.05, 4.69) is 10.6 Å². The predicted octanol–water partition coefficient (Wildman–Crippen LogP) is 4.57. The fourth-order valence-corrected chi connectivity index (χ4v) is 2.78. The number of hydrogen-bond donors (Lipinski definition) is 3. The first kappa shape index (κ1) is 22.6. The van der Waals surface area contributed by atoms with Gasteiger partial charge in [0.2, 0.25) is 0 Å². The second-order valence-corrected chi connectivity index (χ2v) is 6.93. The maximum Gasteiger partial charge on any atom is 0.319 e. The lowest BCUT2D eigenvalue weighted by atomic mass is 10.2. The third-order valence-corrected chi connectivity index (χ3v) is 4.32. The van der Waals surface area contributed by atoms with Crippen LogP contribution in [0.15, 0.2) is 66.7 Å². The van der Waals surface area contributed by atoms with Crippen molar-refractivity contribution in [1.82, 2.24) is 5.32 Å². The molecule has 0 spiro atoms. The van der Waals surface area contributed by atoms with E-state index in [0.29, 0.717) is 17.2 Å². The Hall–Kier alpha value is -4.09. The number of nitrogens with one attached hydrogen (secondary N) is 2. The van der Waals surface area contributed by atoms with Crippen LogP contribution in [-0.4, -0.2) is 23.8 Å². The van der Waals surface area contributed by atoms with Crippen molar-refractivity contribution < 1.29 is 23.8 Å². The molecule has 0 radical (unpaired) electrons. The molecule has 0 bridgehead atoms. The number of rotatable bonds is 8. The van der Waals surface area contributed by atoms with Gasteiger partial charge in [0.1, 0.15) is 41.3 Å². The summed E-state index contributed by atoms with van der Waals surface area (Å²) >= 11 is 0. The van der Waals surface area contributed by atoms with Crippen LogP contribution in [0.1, 0.15) is 18.1 Å².